The molecule has 0 bridgehead atoms. The lowest BCUT2D eigenvalue weighted by Gasteiger charge is -2.01. The third-order valence-electron chi connectivity index (χ3n) is 2.56. The van der Waals surface area contributed by atoms with E-state index in [2.05, 4.69) is 10.3 Å². The number of fused-ring (bicyclic) bond motifs is 1. The van der Waals surface area contributed by atoms with Crippen molar-refractivity contribution in [1.82, 2.24) is 10.3 Å². The Morgan fingerprint density at radius 1 is 1.53 bits per heavy atom. The molecule has 1 amide bonds. The second-order valence-corrected chi connectivity index (χ2v) is 4.98. The highest BCUT2D eigenvalue weighted by Crippen LogP contribution is 2.35. The van der Waals surface area contributed by atoms with Crippen LogP contribution >= 0.6 is 11.3 Å². The van der Waals surface area contributed by atoms with Crippen molar-refractivity contribution in [3.05, 3.63) is 22.3 Å². The maximum absolute atomic E-state index is 11.8. The van der Waals surface area contributed by atoms with Crippen molar-refractivity contribution in [3.8, 4) is 0 Å². The Hall–Kier alpha value is -1.62. The summed E-state index contributed by atoms with van der Waals surface area (Å²) in [7, 11) is 0. The van der Waals surface area contributed by atoms with Gasteiger partial charge in [0.05, 0.1) is 5.69 Å². The summed E-state index contributed by atoms with van der Waals surface area (Å²) in [5, 5.41) is 3.67. The molecule has 0 saturated carbocycles. The summed E-state index contributed by atoms with van der Waals surface area (Å²) in [6.45, 7) is 6.34. The number of nitrogens with two attached hydrogens (primary N) is 1. The highest BCUT2D eigenvalue weighted by atomic mass is 32.1. The van der Waals surface area contributed by atoms with Gasteiger partial charge in [-0.1, -0.05) is 0 Å². The second kappa shape index (κ2) is 4.33. The topological polar surface area (TPSA) is 68.0 Å². The lowest BCUT2D eigenvalue weighted by Crippen LogP contribution is -2.22. The largest absolute Gasteiger partial charge is 0.397 e. The molecule has 2 aromatic rings. The van der Waals surface area contributed by atoms with E-state index in [1.165, 1.54) is 11.3 Å². The van der Waals surface area contributed by atoms with Crippen molar-refractivity contribution >= 4 is 33.0 Å². The summed E-state index contributed by atoms with van der Waals surface area (Å²) in [5.74, 6) is -0.108. The molecule has 0 atom stereocenters. The zero-order valence-electron chi connectivity index (χ0n) is 10.1. The predicted octanol–water partition coefficient (Wildman–Crippen LogP) is 2.25. The molecular weight excluding hydrogens is 234 g/mol. The van der Waals surface area contributed by atoms with Gasteiger partial charge in [0.15, 0.2) is 0 Å². The number of aromatic nitrogens is 1. The van der Waals surface area contributed by atoms with Crippen molar-refractivity contribution in [2.24, 2.45) is 0 Å². The van der Waals surface area contributed by atoms with Crippen LogP contribution in [0.1, 0.15) is 28.0 Å². The number of carbonyl (C=O) groups excluding carboxylic acids is 1. The molecule has 0 aliphatic heterocycles. The van der Waals surface area contributed by atoms with Crippen molar-refractivity contribution in [3.63, 3.8) is 0 Å². The van der Waals surface area contributed by atoms with E-state index < -0.39 is 0 Å². The molecule has 0 saturated heterocycles. The smallest absolute Gasteiger partial charge is 0.263 e. The van der Waals surface area contributed by atoms with Crippen molar-refractivity contribution in [2.75, 3.05) is 12.3 Å². The van der Waals surface area contributed by atoms with Gasteiger partial charge in [0, 0.05) is 28.0 Å². The lowest BCUT2D eigenvalue weighted by atomic mass is 10.2. The molecule has 0 aliphatic rings. The summed E-state index contributed by atoms with van der Waals surface area (Å²) in [5.41, 5.74) is 8.40. The maximum Gasteiger partial charge on any atom is 0.263 e. The van der Waals surface area contributed by atoms with Crippen molar-refractivity contribution in [1.29, 1.82) is 0 Å². The van der Waals surface area contributed by atoms with Gasteiger partial charge in [-0.2, -0.15) is 0 Å². The maximum atomic E-state index is 11.8. The fourth-order valence-corrected chi connectivity index (χ4v) is 3.07. The number of nitrogen functional groups attached to an aromatic ring is 1. The second-order valence-electron chi connectivity index (χ2n) is 3.93. The summed E-state index contributed by atoms with van der Waals surface area (Å²) in [6.07, 6.45) is 0. The third kappa shape index (κ3) is 1.98. The van der Waals surface area contributed by atoms with Gasteiger partial charge < -0.3 is 11.1 Å². The minimum Gasteiger partial charge on any atom is -0.397 e. The van der Waals surface area contributed by atoms with Gasteiger partial charge in [0.25, 0.3) is 5.91 Å². The Kier molecular flexibility index (Phi) is 3.02. The summed E-state index contributed by atoms with van der Waals surface area (Å²) < 4.78 is 1.02. The molecule has 17 heavy (non-hydrogen) atoms. The Morgan fingerprint density at radius 2 is 2.24 bits per heavy atom. The minimum absolute atomic E-state index is 0.108. The minimum atomic E-state index is -0.108. The van der Waals surface area contributed by atoms with Gasteiger partial charge in [-0.15, -0.1) is 11.3 Å². The quantitative estimate of drug-likeness (QED) is 0.857. The Bertz CT molecular complexity index is 589. The van der Waals surface area contributed by atoms with Crippen LogP contribution in [-0.2, 0) is 0 Å². The first-order chi connectivity index (χ1) is 8.04. The number of hydrogen-bond donors (Lipinski definition) is 2. The van der Waals surface area contributed by atoms with E-state index in [9.17, 15) is 4.79 Å². The monoisotopic (exact) mass is 249 g/mol. The van der Waals surface area contributed by atoms with Crippen LogP contribution in [0.25, 0.3) is 10.1 Å². The molecule has 90 valence electrons. The highest BCUT2D eigenvalue weighted by molar-refractivity contribution is 7.21. The predicted molar refractivity (Wildman–Crippen MR) is 71.5 cm³/mol. The van der Waals surface area contributed by atoms with Crippen LogP contribution in [0.5, 0.6) is 0 Å². The molecule has 2 rings (SSSR count). The number of pyridine rings is 1. The number of hydrogen-bond acceptors (Lipinski definition) is 4. The molecule has 0 aromatic carbocycles. The number of thiophene rings is 1. The Labute approximate surface area is 104 Å². The molecule has 0 spiro atoms. The van der Waals surface area contributed by atoms with E-state index in [0.29, 0.717) is 17.1 Å². The summed E-state index contributed by atoms with van der Waals surface area (Å²) in [4.78, 5) is 16.8. The first-order valence-electron chi connectivity index (χ1n) is 5.49. The number of aryl methyl sites for hydroxylation is 2. The van der Waals surface area contributed by atoms with Gasteiger partial charge in [-0.05, 0) is 26.8 Å². The zero-order valence-corrected chi connectivity index (χ0v) is 10.9. The van der Waals surface area contributed by atoms with E-state index in [4.69, 9.17) is 5.73 Å². The van der Waals surface area contributed by atoms with Crippen molar-refractivity contribution < 1.29 is 4.79 Å². The van der Waals surface area contributed by atoms with Crippen LogP contribution in [0, 0.1) is 13.8 Å². The molecule has 0 unspecified atom stereocenters. The number of nitrogens with zero attached hydrogens (tertiary/aromatic N) is 1. The van der Waals surface area contributed by atoms with Crippen LogP contribution < -0.4 is 11.1 Å². The molecule has 4 nitrogen and oxygen atoms in total. The van der Waals surface area contributed by atoms with E-state index in [0.717, 1.165) is 21.5 Å². The van der Waals surface area contributed by atoms with Crippen LogP contribution in [0.2, 0.25) is 0 Å². The summed E-state index contributed by atoms with van der Waals surface area (Å²) >= 11 is 1.42. The van der Waals surface area contributed by atoms with Gasteiger partial charge >= 0.3 is 0 Å². The lowest BCUT2D eigenvalue weighted by molar-refractivity contribution is 0.0960. The van der Waals surface area contributed by atoms with E-state index in [1.807, 2.05) is 26.8 Å². The number of anilines is 1. The number of nitrogens with one attached hydrogen (secondary N) is 1. The van der Waals surface area contributed by atoms with Crippen LogP contribution in [0.15, 0.2) is 6.07 Å². The van der Waals surface area contributed by atoms with E-state index in [1.54, 1.807) is 0 Å². The Morgan fingerprint density at radius 3 is 2.88 bits per heavy atom. The summed E-state index contributed by atoms with van der Waals surface area (Å²) in [6, 6.07) is 1.96. The van der Waals surface area contributed by atoms with E-state index >= 15 is 0 Å². The molecule has 5 heteroatoms. The molecular formula is C12H15N3OS. The highest BCUT2D eigenvalue weighted by Gasteiger charge is 2.17. The first kappa shape index (κ1) is 11.9. The SMILES string of the molecule is CCNC(=O)c1sc2cc(C)nc(C)c2c1N. The Balaban J connectivity index is 2.64. The van der Waals surface area contributed by atoms with Gasteiger partial charge in [0.1, 0.15) is 4.88 Å². The zero-order chi connectivity index (χ0) is 12.6. The molecule has 2 aromatic heterocycles. The standard InChI is InChI=1S/C12H15N3OS/c1-4-14-12(16)11-10(13)9-7(3)15-6(2)5-8(9)17-11/h5H,4,13H2,1-3H3,(H,14,16). The third-order valence-corrected chi connectivity index (χ3v) is 3.71. The van der Waals surface area contributed by atoms with Gasteiger partial charge in [-0.3, -0.25) is 9.78 Å². The van der Waals surface area contributed by atoms with E-state index in [-0.39, 0.29) is 5.91 Å². The fraction of sp³-hybridized carbons (Fsp3) is 0.333. The average Bonchev–Trinajstić information content (AvgIpc) is 2.56. The normalized spacial score (nSPS) is 10.8. The molecule has 0 aliphatic carbocycles. The average molecular weight is 249 g/mol. The van der Waals surface area contributed by atoms with Crippen molar-refractivity contribution in [2.45, 2.75) is 20.8 Å². The molecule has 3 N–H and O–H groups in total. The number of rotatable bonds is 2. The van der Waals surface area contributed by atoms with Gasteiger partial charge in [-0.25, -0.2) is 0 Å². The van der Waals surface area contributed by atoms with Crippen LogP contribution in [0.3, 0.4) is 0 Å². The fourth-order valence-electron chi connectivity index (χ4n) is 1.89. The number of amides is 1. The molecule has 2 heterocycles. The van der Waals surface area contributed by atoms with Crippen LogP contribution in [-0.4, -0.2) is 17.4 Å². The number of carbonyl (C=O) groups is 1. The molecule has 0 fully saturated rings. The first-order valence-corrected chi connectivity index (χ1v) is 6.30. The van der Waals surface area contributed by atoms with Gasteiger partial charge in [0.2, 0.25) is 0 Å². The molecule has 0 radical (unpaired) electrons. The van der Waals surface area contributed by atoms with Crippen LogP contribution in [0.4, 0.5) is 5.69 Å².